The van der Waals surface area contributed by atoms with Gasteiger partial charge in [-0.1, -0.05) is 45.7 Å². The first kappa shape index (κ1) is 12.8. The first-order valence-corrected chi connectivity index (χ1v) is 7.32. The van der Waals surface area contributed by atoms with Crippen LogP contribution in [0.4, 0.5) is 0 Å². The lowest BCUT2D eigenvalue weighted by atomic mass is 10.0. The Hall–Kier alpha value is -1.19. The van der Waals surface area contributed by atoms with Gasteiger partial charge in [0, 0.05) is 5.02 Å². The Morgan fingerprint density at radius 3 is 2.47 bits per heavy atom. The number of hydrogen-bond donors (Lipinski definition) is 0. The summed E-state index contributed by atoms with van der Waals surface area (Å²) in [5.41, 5.74) is 2.23. The van der Waals surface area contributed by atoms with Gasteiger partial charge in [0.25, 0.3) is 0 Å². The van der Waals surface area contributed by atoms with Crippen LogP contribution in [-0.4, -0.2) is 13.2 Å². The molecule has 1 heterocycles. The van der Waals surface area contributed by atoms with Gasteiger partial charge in [-0.2, -0.15) is 0 Å². The lowest BCUT2D eigenvalue weighted by molar-refractivity contribution is 0.171. The number of ether oxygens (including phenoxy) is 2. The molecule has 0 N–H and O–H groups in total. The molecule has 0 fully saturated rings. The van der Waals surface area contributed by atoms with Crippen molar-refractivity contribution in [1.29, 1.82) is 0 Å². The van der Waals surface area contributed by atoms with Gasteiger partial charge in [0.15, 0.2) is 11.5 Å². The second kappa shape index (κ2) is 5.43. The Balaban J connectivity index is 1.93. The molecule has 3 rings (SSSR count). The summed E-state index contributed by atoms with van der Waals surface area (Å²) in [6.45, 7) is 1.21. The summed E-state index contributed by atoms with van der Waals surface area (Å²) >= 11 is 9.73. The first-order valence-electron chi connectivity index (χ1n) is 6.03. The molecule has 0 spiro atoms. The Morgan fingerprint density at radius 1 is 0.947 bits per heavy atom. The van der Waals surface area contributed by atoms with Crippen molar-refractivity contribution >= 4 is 27.5 Å². The van der Waals surface area contributed by atoms with Crippen LogP contribution in [0.3, 0.4) is 0 Å². The van der Waals surface area contributed by atoms with E-state index < -0.39 is 0 Å². The van der Waals surface area contributed by atoms with Gasteiger partial charge in [-0.3, -0.25) is 0 Å². The highest BCUT2D eigenvalue weighted by Gasteiger charge is 2.16. The Labute approximate surface area is 125 Å². The van der Waals surface area contributed by atoms with Crippen LogP contribution in [0.5, 0.6) is 11.5 Å². The first-order chi connectivity index (χ1) is 9.24. The lowest BCUT2D eigenvalue weighted by Crippen LogP contribution is -2.15. The molecule has 2 nitrogen and oxygen atoms in total. The molecule has 0 bridgehead atoms. The number of benzene rings is 2. The van der Waals surface area contributed by atoms with Crippen molar-refractivity contribution in [3.8, 4) is 11.5 Å². The molecule has 98 valence electrons. The van der Waals surface area contributed by atoms with Gasteiger partial charge in [0.05, 0.1) is 4.83 Å². The molecule has 1 atom stereocenters. The molecule has 1 unspecified atom stereocenters. The molecule has 2 aromatic carbocycles. The van der Waals surface area contributed by atoms with Crippen LogP contribution in [-0.2, 0) is 0 Å². The van der Waals surface area contributed by atoms with Gasteiger partial charge in [0.2, 0.25) is 0 Å². The van der Waals surface area contributed by atoms with E-state index >= 15 is 0 Å². The van der Waals surface area contributed by atoms with Crippen molar-refractivity contribution in [3.05, 3.63) is 58.6 Å². The lowest BCUT2D eigenvalue weighted by Gasteiger charge is -2.20. The fourth-order valence-electron chi connectivity index (χ4n) is 2.07. The maximum atomic E-state index is 6.03. The third-order valence-electron chi connectivity index (χ3n) is 3.00. The summed E-state index contributed by atoms with van der Waals surface area (Å²) in [7, 11) is 0. The molecule has 19 heavy (non-hydrogen) atoms. The van der Waals surface area contributed by atoms with Crippen LogP contribution in [0.2, 0.25) is 5.02 Å². The zero-order chi connectivity index (χ0) is 13.2. The highest BCUT2D eigenvalue weighted by atomic mass is 79.9. The number of alkyl halides is 1. The second-order valence-electron chi connectivity index (χ2n) is 4.32. The Bertz CT molecular complexity index is 600. The molecular formula is C15H12BrClO2. The molecule has 0 aliphatic carbocycles. The normalized spacial score (nSPS) is 15.1. The van der Waals surface area contributed by atoms with E-state index in [0.29, 0.717) is 13.2 Å². The molecule has 0 saturated heterocycles. The van der Waals surface area contributed by atoms with Crippen molar-refractivity contribution in [2.75, 3.05) is 13.2 Å². The summed E-state index contributed by atoms with van der Waals surface area (Å²) in [6.07, 6.45) is 0. The maximum absolute atomic E-state index is 6.03. The standard InChI is InChI=1S/C15H12BrClO2/c16-15(10-2-1-3-12(17)8-10)11-4-5-13-14(9-11)19-7-6-18-13/h1-5,8-9,15H,6-7H2. The largest absolute Gasteiger partial charge is 0.486 e. The number of rotatable bonds is 2. The van der Waals surface area contributed by atoms with Crippen molar-refractivity contribution in [3.63, 3.8) is 0 Å². The van der Waals surface area contributed by atoms with E-state index in [1.54, 1.807) is 0 Å². The van der Waals surface area contributed by atoms with E-state index in [0.717, 1.165) is 27.6 Å². The molecule has 0 amide bonds. The molecular weight excluding hydrogens is 328 g/mol. The predicted molar refractivity (Wildman–Crippen MR) is 79.7 cm³/mol. The Kier molecular flexibility index (Phi) is 3.67. The van der Waals surface area contributed by atoms with Gasteiger partial charge < -0.3 is 9.47 Å². The highest BCUT2D eigenvalue weighted by molar-refractivity contribution is 9.09. The highest BCUT2D eigenvalue weighted by Crippen LogP contribution is 2.38. The molecule has 4 heteroatoms. The summed E-state index contributed by atoms with van der Waals surface area (Å²) in [4.78, 5) is 0.0852. The monoisotopic (exact) mass is 338 g/mol. The van der Waals surface area contributed by atoms with Crippen molar-refractivity contribution in [2.24, 2.45) is 0 Å². The van der Waals surface area contributed by atoms with Gasteiger partial charge in [0.1, 0.15) is 13.2 Å². The third-order valence-corrected chi connectivity index (χ3v) is 4.29. The van der Waals surface area contributed by atoms with Crippen LogP contribution in [0.1, 0.15) is 16.0 Å². The van der Waals surface area contributed by atoms with Gasteiger partial charge in [-0.25, -0.2) is 0 Å². The predicted octanol–water partition coefficient (Wildman–Crippen LogP) is 4.60. The average Bonchev–Trinajstić information content (AvgIpc) is 2.46. The summed E-state index contributed by atoms with van der Waals surface area (Å²) in [5.74, 6) is 1.61. The second-order valence-corrected chi connectivity index (χ2v) is 5.67. The molecule has 1 aliphatic rings. The summed E-state index contributed by atoms with van der Waals surface area (Å²) in [5, 5.41) is 0.736. The van der Waals surface area contributed by atoms with Crippen molar-refractivity contribution in [2.45, 2.75) is 4.83 Å². The van der Waals surface area contributed by atoms with Gasteiger partial charge >= 0.3 is 0 Å². The number of hydrogen-bond acceptors (Lipinski definition) is 2. The van der Waals surface area contributed by atoms with Crippen LogP contribution in [0.15, 0.2) is 42.5 Å². The minimum Gasteiger partial charge on any atom is -0.486 e. The SMILES string of the molecule is Clc1cccc(C(Br)c2ccc3c(c2)OCCO3)c1. The molecule has 1 aliphatic heterocycles. The number of fused-ring (bicyclic) bond motifs is 1. The van der Waals surface area contributed by atoms with E-state index in [1.807, 2.05) is 42.5 Å². The van der Waals surface area contributed by atoms with Gasteiger partial charge in [-0.05, 0) is 35.4 Å². The van der Waals surface area contributed by atoms with Crippen molar-refractivity contribution in [1.82, 2.24) is 0 Å². The third kappa shape index (κ3) is 2.72. The van der Waals surface area contributed by atoms with E-state index in [4.69, 9.17) is 21.1 Å². The summed E-state index contributed by atoms with van der Waals surface area (Å²) in [6, 6.07) is 13.8. The fourth-order valence-corrected chi connectivity index (χ4v) is 2.84. The van der Waals surface area contributed by atoms with E-state index in [-0.39, 0.29) is 4.83 Å². The minimum atomic E-state index is 0.0852. The fraction of sp³-hybridized carbons (Fsp3) is 0.200. The van der Waals surface area contributed by atoms with Crippen LogP contribution in [0.25, 0.3) is 0 Å². The van der Waals surface area contributed by atoms with E-state index in [1.165, 1.54) is 0 Å². The van der Waals surface area contributed by atoms with E-state index in [2.05, 4.69) is 15.9 Å². The molecule has 0 saturated carbocycles. The number of halogens is 2. The van der Waals surface area contributed by atoms with Crippen LogP contribution in [0, 0.1) is 0 Å². The summed E-state index contributed by atoms with van der Waals surface area (Å²) < 4.78 is 11.1. The molecule has 0 radical (unpaired) electrons. The maximum Gasteiger partial charge on any atom is 0.161 e. The van der Waals surface area contributed by atoms with Crippen LogP contribution < -0.4 is 9.47 Å². The topological polar surface area (TPSA) is 18.5 Å². The zero-order valence-corrected chi connectivity index (χ0v) is 12.4. The smallest absolute Gasteiger partial charge is 0.161 e. The average molecular weight is 340 g/mol. The zero-order valence-electron chi connectivity index (χ0n) is 10.1. The van der Waals surface area contributed by atoms with Crippen molar-refractivity contribution < 1.29 is 9.47 Å². The Morgan fingerprint density at radius 2 is 1.68 bits per heavy atom. The quantitative estimate of drug-likeness (QED) is 0.745. The molecule has 2 aromatic rings. The minimum absolute atomic E-state index is 0.0852. The van der Waals surface area contributed by atoms with E-state index in [9.17, 15) is 0 Å². The van der Waals surface area contributed by atoms with Crippen LogP contribution >= 0.6 is 27.5 Å². The van der Waals surface area contributed by atoms with Gasteiger partial charge in [-0.15, -0.1) is 0 Å². The molecule has 0 aromatic heterocycles.